The van der Waals surface area contributed by atoms with Crippen molar-refractivity contribution >= 4 is 62.6 Å². The van der Waals surface area contributed by atoms with Gasteiger partial charge in [0.05, 0.1) is 71.6 Å². The highest BCUT2D eigenvalue weighted by atomic mass is 32.1. The summed E-state index contributed by atoms with van der Waals surface area (Å²) >= 11 is 1.57. The molecule has 2 bridgehead atoms. The topological polar surface area (TPSA) is 232 Å². The van der Waals surface area contributed by atoms with E-state index in [1.54, 1.807) is 40.6 Å². The number of anilines is 1. The zero-order valence-electron chi connectivity index (χ0n) is 53.6. The Morgan fingerprint density at radius 2 is 1.65 bits per heavy atom. The molecule has 7 heterocycles. The lowest BCUT2D eigenvalue weighted by molar-refractivity contribution is -0.145. The lowest BCUT2D eigenvalue weighted by Crippen LogP contribution is -2.66. The molecule has 5 aliphatic rings. The number of fused-ring (bicyclic) bond motifs is 4. The normalized spacial score (nSPS) is 21.0. The maximum Gasteiger partial charge on any atom is 0.411 e. The number of carbonyl (C=O) groups is 4. The van der Waals surface area contributed by atoms with Crippen LogP contribution >= 0.6 is 11.3 Å². The smallest absolute Gasteiger partial charge is 0.411 e. The third-order valence-electron chi connectivity index (χ3n) is 18.0. The third-order valence-corrected chi connectivity index (χ3v) is 19.0. The fourth-order valence-electron chi connectivity index (χ4n) is 13.1. The number of methoxy groups -OCH3 is 1. The van der Waals surface area contributed by atoms with E-state index in [1.165, 1.54) is 18.1 Å². The number of aromatic nitrogens is 4. The highest BCUT2D eigenvalue weighted by Crippen LogP contribution is 2.47. The maximum atomic E-state index is 17.8. The first-order chi connectivity index (χ1) is 43.4. The van der Waals surface area contributed by atoms with Crippen LogP contribution < -0.4 is 25.0 Å². The van der Waals surface area contributed by atoms with Crippen LogP contribution in [0.25, 0.3) is 43.4 Å². The molecule has 3 N–H and O–H groups in total. The fraction of sp³-hybridized carbons (Fsp3) is 0.552. The number of aliphatic hydroxyl groups excluding tert-OH is 1. The van der Waals surface area contributed by atoms with E-state index in [4.69, 9.17) is 43.4 Å². The van der Waals surface area contributed by atoms with E-state index in [1.807, 2.05) is 97.0 Å². The molecule has 4 saturated heterocycles. The van der Waals surface area contributed by atoms with Crippen molar-refractivity contribution in [2.45, 2.75) is 149 Å². The molecule has 21 nitrogen and oxygen atoms in total. The van der Waals surface area contributed by atoms with E-state index in [-0.39, 0.29) is 100.0 Å². The number of hydrogen-bond donors (Lipinski definition) is 3. The number of nitrogens with one attached hydrogen (secondary N) is 2. The van der Waals surface area contributed by atoms with Crippen LogP contribution in [0.1, 0.15) is 110 Å². The molecule has 4 aliphatic heterocycles. The van der Waals surface area contributed by atoms with Gasteiger partial charge in [0.25, 0.3) is 0 Å². The molecule has 6 atom stereocenters. The number of amides is 4. The van der Waals surface area contributed by atoms with Crippen molar-refractivity contribution in [1.29, 1.82) is 0 Å². The largest absolute Gasteiger partial charge is 0.468 e. The highest BCUT2D eigenvalue weighted by Gasteiger charge is 2.48. The molecule has 24 heteroatoms. The van der Waals surface area contributed by atoms with Gasteiger partial charge in [-0.2, -0.15) is 9.97 Å². The Morgan fingerprint density at radius 1 is 0.923 bits per heavy atom. The number of halogens is 2. The number of benzene rings is 3. The summed E-state index contributed by atoms with van der Waals surface area (Å²) in [6, 6.07) is 11.2. The number of pyridine rings is 1. The van der Waals surface area contributed by atoms with E-state index < -0.39 is 70.8 Å². The second kappa shape index (κ2) is 26.8. The minimum atomic E-state index is -1.01. The predicted molar refractivity (Wildman–Crippen MR) is 340 cm³/mol. The monoisotopic (exact) mass is 1270 g/mol. The van der Waals surface area contributed by atoms with Gasteiger partial charge < -0.3 is 58.9 Å². The predicted octanol–water partition coefficient (Wildman–Crippen LogP) is 8.93. The minimum Gasteiger partial charge on any atom is -0.468 e. The lowest BCUT2D eigenvalue weighted by atomic mass is 9.85. The van der Waals surface area contributed by atoms with E-state index in [0.29, 0.717) is 77.7 Å². The number of piperidine rings is 1. The summed E-state index contributed by atoms with van der Waals surface area (Å²) in [7, 11) is 1.50. The van der Waals surface area contributed by atoms with Gasteiger partial charge in [0.15, 0.2) is 12.6 Å². The molecule has 1 aliphatic carbocycles. The number of piperazine rings is 1. The van der Waals surface area contributed by atoms with E-state index in [9.17, 15) is 24.3 Å². The molecular formula is C67H84F2N10O11S. The Kier molecular flexibility index (Phi) is 19.2. The minimum absolute atomic E-state index is 0.0295. The molecule has 4 amide bonds. The lowest BCUT2D eigenvalue weighted by Gasteiger charge is -2.49. The van der Waals surface area contributed by atoms with Gasteiger partial charge in [-0.1, -0.05) is 58.0 Å². The van der Waals surface area contributed by atoms with Crippen molar-refractivity contribution in [3.8, 4) is 33.5 Å². The second-order valence-corrected chi connectivity index (χ2v) is 28.0. The summed E-state index contributed by atoms with van der Waals surface area (Å²) < 4.78 is 69.1. The Balaban J connectivity index is 0.743. The molecule has 3 aromatic heterocycles. The van der Waals surface area contributed by atoms with Gasteiger partial charge >= 0.3 is 12.1 Å². The number of likely N-dealkylation sites (tertiary alicyclic amines) is 2. The molecule has 5 fully saturated rings. The van der Waals surface area contributed by atoms with Crippen LogP contribution in [-0.2, 0) is 39.8 Å². The quantitative estimate of drug-likeness (QED) is 0.0605. The highest BCUT2D eigenvalue weighted by molar-refractivity contribution is 7.13. The fourth-order valence-corrected chi connectivity index (χ4v) is 13.9. The number of carbonyl (C=O) groups excluding carboxylic acids is 4. The Hall–Kier alpha value is -7.22. The third kappa shape index (κ3) is 14.5. The number of aliphatic hydroxyl groups is 1. The summed E-state index contributed by atoms with van der Waals surface area (Å²) in [6.45, 7) is 19.8. The molecule has 2 unspecified atom stereocenters. The number of thiazole rings is 1. The maximum absolute atomic E-state index is 17.8. The van der Waals surface area contributed by atoms with Crippen LogP contribution in [0, 0.1) is 29.4 Å². The van der Waals surface area contributed by atoms with Crippen LogP contribution in [0.4, 0.5) is 19.4 Å². The van der Waals surface area contributed by atoms with Crippen molar-refractivity contribution in [3.05, 3.63) is 88.7 Å². The zero-order chi connectivity index (χ0) is 64.7. The second-order valence-electron chi connectivity index (χ2n) is 27.1. The van der Waals surface area contributed by atoms with Crippen molar-refractivity contribution in [2.75, 3.05) is 84.5 Å². The Morgan fingerprint density at radius 3 is 2.30 bits per heavy atom. The zero-order valence-corrected chi connectivity index (χ0v) is 54.4. The molecule has 1 saturated carbocycles. The first-order valence-electron chi connectivity index (χ1n) is 31.5. The summed E-state index contributed by atoms with van der Waals surface area (Å²) in [6.07, 6.45) is 3.45. The number of nitrogens with zero attached hydrogens (tertiary/aromatic N) is 8. The molecular weight excluding hydrogens is 1190 g/mol. The number of ether oxygens (including phenoxy) is 6. The summed E-state index contributed by atoms with van der Waals surface area (Å²) in [5, 5.41) is 18.2. The van der Waals surface area contributed by atoms with Crippen LogP contribution in [-0.4, -0.2) is 185 Å². The standard InChI is InChI=1S/C67H84F2N10O11S/c1-11-48-51(68)17-16-42-24-47(89-37-85-10)26-49(54(42)48)56-55(69)57-50(27-70-56)60(77-28-43-31-86-32-44(29-77)79(43)64(84)90-66(7,8)9)75-63(74-57)88-35-67(20-21-67)34-76-22-18-46(19-23-76)87-33-53(81)73-59(65(4,5)6)62(83)78-30-45(80)25-52(78)61(82)72-38(2)40-12-14-41(15-13-40)58-39(3)71-36-91-58/h12-17,24,26-27,36,38,43-46,52,59,80H,11,18-23,25,28-35,37H2,1-10H3,(H,72,82)(H,73,81)/t38-,43?,44?,45+,52-,59+/m0/s1. The van der Waals surface area contributed by atoms with Gasteiger partial charge in [0, 0.05) is 70.0 Å². The van der Waals surface area contributed by atoms with Crippen molar-refractivity contribution < 1.29 is 61.5 Å². The van der Waals surface area contributed by atoms with Crippen LogP contribution in [0.5, 0.6) is 11.8 Å². The van der Waals surface area contributed by atoms with Gasteiger partial charge in [-0.25, -0.2) is 18.6 Å². The molecule has 0 radical (unpaired) electrons. The number of morpholine rings is 1. The van der Waals surface area contributed by atoms with Gasteiger partial charge in [0.2, 0.25) is 17.7 Å². The average molecular weight is 1280 g/mol. The molecule has 6 aromatic rings. The number of aryl methyl sites for hydroxylation is 2. The van der Waals surface area contributed by atoms with Crippen LogP contribution in [0.2, 0.25) is 0 Å². The summed E-state index contributed by atoms with van der Waals surface area (Å²) in [4.78, 5) is 83.1. The van der Waals surface area contributed by atoms with E-state index >= 15 is 8.78 Å². The Labute approximate surface area is 533 Å². The van der Waals surface area contributed by atoms with Gasteiger partial charge in [0.1, 0.15) is 52.9 Å². The van der Waals surface area contributed by atoms with E-state index in [0.717, 1.165) is 34.5 Å². The van der Waals surface area contributed by atoms with Crippen LogP contribution in [0.15, 0.2) is 60.2 Å². The molecule has 11 rings (SSSR count). The Bertz CT molecular complexity index is 3650. The van der Waals surface area contributed by atoms with E-state index in [2.05, 4.69) is 20.5 Å². The number of rotatable bonds is 20. The molecule has 91 heavy (non-hydrogen) atoms. The first-order valence-corrected chi connectivity index (χ1v) is 32.4. The van der Waals surface area contributed by atoms with Crippen molar-refractivity contribution in [1.82, 2.24) is 45.3 Å². The first kappa shape index (κ1) is 65.3. The summed E-state index contributed by atoms with van der Waals surface area (Å²) in [5.74, 6) is -1.72. The van der Waals surface area contributed by atoms with Gasteiger partial charge in [-0.3, -0.25) is 24.3 Å². The SMILES string of the molecule is CCc1c(F)ccc2cc(OCOC)cc(-c3ncc4c(N5CC6COCC(C5)N6C(=O)OC(C)(C)C)nc(OCC5(CN6CCC(OCC(=O)N[C@H](C(=O)N7C[C@H](O)C[C@H]7C(=O)N[C@@H](C)c7ccc(-c8scnc8C)cc7)C(C)(C)C)CC6)CC5)nc4c3F)c12. The van der Waals surface area contributed by atoms with Crippen molar-refractivity contribution in [3.63, 3.8) is 0 Å². The summed E-state index contributed by atoms with van der Waals surface area (Å²) in [5.41, 5.74) is 3.59. The molecule has 488 valence electrons. The average Bonchev–Trinajstić information content (AvgIpc) is 1.61. The van der Waals surface area contributed by atoms with Gasteiger partial charge in [-0.15, -0.1) is 11.3 Å². The number of hydrogen-bond acceptors (Lipinski definition) is 18. The van der Waals surface area contributed by atoms with Gasteiger partial charge in [-0.05, 0) is 118 Å². The number of β-amino-alcohol motifs (C(OH)–C–C–N with tert-alkyl or cyclic N) is 1. The molecule has 3 aromatic carbocycles. The van der Waals surface area contributed by atoms with Crippen molar-refractivity contribution in [2.24, 2.45) is 10.8 Å². The van der Waals surface area contributed by atoms with Crippen LogP contribution in [0.3, 0.4) is 0 Å². The molecule has 0 spiro atoms.